The van der Waals surface area contributed by atoms with Crippen LogP contribution < -0.4 is 5.32 Å². The molecule has 3 saturated carbocycles. The third-order valence-electron chi connectivity index (χ3n) is 6.63. The van der Waals surface area contributed by atoms with Gasteiger partial charge in [-0.15, -0.1) is 11.3 Å². The summed E-state index contributed by atoms with van der Waals surface area (Å²) < 4.78 is 0. The number of carbonyl (C=O) groups is 2. The Bertz CT molecular complexity index is 659. The van der Waals surface area contributed by atoms with Gasteiger partial charge >= 0.3 is 5.97 Å². The minimum atomic E-state index is -0.748. The highest BCUT2D eigenvalue weighted by Crippen LogP contribution is 2.42. The Morgan fingerprint density at radius 3 is 2.56 bits per heavy atom. The highest BCUT2D eigenvalue weighted by atomic mass is 32.1. The third kappa shape index (κ3) is 4.21. The van der Waals surface area contributed by atoms with Gasteiger partial charge in [0.1, 0.15) is 0 Å². The summed E-state index contributed by atoms with van der Waals surface area (Å²) in [5.74, 6) is 0.129. The first-order valence-corrected chi connectivity index (χ1v) is 11.3. The van der Waals surface area contributed by atoms with Crippen molar-refractivity contribution >= 4 is 23.2 Å². The van der Waals surface area contributed by atoms with Gasteiger partial charge in [-0.05, 0) is 55.9 Å². The molecule has 4 rings (SSSR count). The fraction of sp³-hybridized carbons (Fsp3) is 0.714. The molecule has 2 N–H and O–H groups in total. The van der Waals surface area contributed by atoms with Gasteiger partial charge in [-0.3, -0.25) is 14.5 Å². The number of carboxylic acids is 1. The smallest absolute Gasteiger partial charge is 0.317 e. The maximum absolute atomic E-state index is 13.3. The van der Waals surface area contributed by atoms with E-state index in [2.05, 4.69) is 21.7 Å². The summed E-state index contributed by atoms with van der Waals surface area (Å²) in [4.78, 5) is 27.8. The second-order valence-corrected chi connectivity index (χ2v) is 9.63. The van der Waals surface area contributed by atoms with Crippen LogP contribution in [0.25, 0.3) is 0 Å². The first-order chi connectivity index (χ1) is 13.1. The van der Waals surface area contributed by atoms with Crippen molar-refractivity contribution in [1.29, 1.82) is 0 Å². The maximum atomic E-state index is 13.3. The summed E-state index contributed by atoms with van der Waals surface area (Å²) in [7, 11) is 0. The van der Waals surface area contributed by atoms with Crippen molar-refractivity contribution in [2.75, 3.05) is 13.1 Å². The zero-order valence-corrected chi connectivity index (χ0v) is 16.7. The summed E-state index contributed by atoms with van der Waals surface area (Å²) in [6.45, 7) is 1.03. The molecule has 0 atom stereocenters. The minimum absolute atomic E-state index is 0.126. The number of thiophene rings is 1. The summed E-state index contributed by atoms with van der Waals surface area (Å²) in [5.41, 5.74) is -0.341. The Hall–Kier alpha value is -1.40. The lowest BCUT2D eigenvalue weighted by Crippen LogP contribution is -2.58. The van der Waals surface area contributed by atoms with Crippen molar-refractivity contribution in [3.8, 4) is 0 Å². The van der Waals surface area contributed by atoms with E-state index in [9.17, 15) is 14.7 Å². The van der Waals surface area contributed by atoms with Gasteiger partial charge in [0, 0.05) is 23.5 Å². The van der Waals surface area contributed by atoms with E-state index in [4.69, 9.17) is 0 Å². The van der Waals surface area contributed by atoms with Crippen LogP contribution in [0.3, 0.4) is 0 Å². The molecule has 5 nitrogen and oxygen atoms in total. The molecule has 0 unspecified atom stereocenters. The number of nitrogens with one attached hydrogen (secondary N) is 1. The number of amides is 1. The largest absolute Gasteiger partial charge is 0.480 e. The minimum Gasteiger partial charge on any atom is -0.480 e. The number of carbonyl (C=O) groups excluding carboxylic acids is 1. The van der Waals surface area contributed by atoms with Gasteiger partial charge in [0.15, 0.2) is 0 Å². The Labute approximate surface area is 165 Å². The molecule has 1 aromatic rings. The van der Waals surface area contributed by atoms with Gasteiger partial charge in [0.2, 0.25) is 5.91 Å². The predicted molar refractivity (Wildman–Crippen MR) is 106 cm³/mol. The Kier molecular flexibility index (Phi) is 5.55. The van der Waals surface area contributed by atoms with Crippen molar-refractivity contribution in [2.45, 2.75) is 75.3 Å². The molecule has 0 bridgehead atoms. The SMILES string of the molecule is O=C(O)CN(CC1CC1)C1CC(NC(=O)C2(c3cccs3)CCCCC2)C1. The molecule has 1 amide bonds. The molecular weight excluding hydrogens is 360 g/mol. The molecule has 0 aliphatic heterocycles. The molecule has 0 spiro atoms. The van der Waals surface area contributed by atoms with Gasteiger partial charge in [0.05, 0.1) is 12.0 Å². The van der Waals surface area contributed by atoms with Crippen LogP contribution in [0.4, 0.5) is 0 Å². The van der Waals surface area contributed by atoms with Gasteiger partial charge in [0.25, 0.3) is 0 Å². The maximum Gasteiger partial charge on any atom is 0.317 e. The van der Waals surface area contributed by atoms with E-state index in [1.807, 2.05) is 6.07 Å². The van der Waals surface area contributed by atoms with Gasteiger partial charge < -0.3 is 10.4 Å². The standard InChI is InChI=1S/C21H30N2O3S/c24-19(25)14-23(13-15-6-7-15)17-11-16(12-17)22-20(26)21(8-2-1-3-9-21)18-5-4-10-27-18/h4-5,10,15-17H,1-3,6-9,11-14H2,(H,22,26)(H,24,25). The van der Waals surface area contributed by atoms with E-state index >= 15 is 0 Å². The molecule has 0 aromatic carbocycles. The van der Waals surface area contributed by atoms with Crippen LogP contribution >= 0.6 is 11.3 Å². The van der Waals surface area contributed by atoms with E-state index in [0.29, 0.717) is 12.0 Å². The molecule has 3 aliphatic rings. The molecule has 3 aliphatic carbocycles. The summed E-state index contributed by atoms with van der Waals surface area (Å²) in [6, 6.07) is 4.65. The number of hydrogen-bond donors (Lipinski definition) is 2. The van der Waals surface area contributed by atoms with Gasteiger partial charge in [-0.1, -0.05) is 25.3 Å². The zero-order chi connectivity index (χ0) is 18.9. The highest BCUT2D eigenvalue weighted by Gasteiger charge is 2.45. The monoisotopic (exact) mass is 390 g/mol. The number of carboxylic acid groups (broad SMARTS) is 1. The van der Waals surface area contributed by atoms with E-state index in [-0.39, 0.29) is 23.9 Å². The fourth-order valence-corrected chi connectivity index (χ4v) is 5.75. The zero-order valence-electron chi connectivity index (χ0n) is 15.9. The van der Waals surface area contributed by atoms with Crippen molar-refractivity contribution in [1.82, 2.24) is 10.2 Å². The average Bonchev–Trinajstić information content (AvgIpc) is 3.25. The highest BCUT2D eigenvalue weighted by molar-refractivity contribution is 7.10. The van der Waals surface area contributed by atoms with E-state index in [1.54, 1.807) is 11.3 Å². The second-order valence-electron chi connectivity index (χ2n) is 8.68. The summed E-state index contributed by atoms with van der Waals surface area (Å²) in [6.07, 6.45) is 9.57. The molecule has 148 valence electrons. The summed E-state index contributed by atoms with van der Waals surface area (Å²) in [5, 5.41) is 14.6. The first-order valence-electron chi connectivity index (χ1n) is 10.4. The van der Waals surface area contributed by atoms with Crippen molar-refractivity contribution in [3.63, 3.8) is 0 Å². The van der Waals surface area contributed by atoms with Crippen molar-refractivity contribution in [3.05, 3.63) is 22.4 Å². The molecular formula is C21H30N2O3S. The normalized spacial score (nSPS) is 27.1. The molecule has 1 aromatic heterocycles. The van der Waals surface area contributed by atoms with Crippen LogP contribution in [0.5, 0.6) is 0 Å². The Morgan fingerprint density at radius 2 is 1.96 bits per heavy atom. The number of hydrogen-bond acceptors (Lipinski definition) is 4. The molecule has 6 heteroatoms. The Balaban J connectivity index is 1.35. The molecule has 27 heavy (non-hydrogen) atoms. The predicted octanol–water partition coefficient (Wildman–Crippen LogP) is 3.39. The van der Waals surface area contributed by atoms with E-state index < -0.39 is 5.97 Å². The van der Waals surface area contributed by atoms with Crippen LogP contribution in [0.15, 0.2) is 17.5 Å². The fourth-order valence-electron chi connectivity index (χ4n) is 4.77. The van der Waals surface area contributed by atoms with Crippen LogP contribution in [-0.2, 0) is 15.0 Å². The van der Waals surface area contributed by atoms with Gasteiger partial charge in [-0.2, -0.15) is 0 Å². The molecule has 1 heterocycles. The lowest BCUT2D eigenvalue weighted by Gasteiger charge is -2.44. The first kappa shape index (κ1) is 18.9. The lowest BCUT2D eigenvalue weighted by molar-refractivity contribution is -0.140. The quantitative estimate of drug-likeness (QED) is 0.714. The van der Waals surface area contributed by atoms with Crippen LogP contribution in [0, 0.1) is 5.92 Å². The second kappa shape index (κ2) is 7.92. The van der Waals surface area contributed by atoms with Crippen LogP contribution in [0.2, 0.25) is 0 Å². The number of nitrogens with zero attached hydrogens (tertiary/aromatic N) is 1. The van der Waals surface area contributed by atoms with Gasteiger partial charge in [-0.25, -0.2) is 0 Å². The van der Waals surface area contributed by atoms with E-state index in [1.165, 1.54) is 24.1 Å². The van der Waals surface area contributed by atoms with Crippen molar-refractivity contribution in [2.24, 2.45) is 5.92 Å². The topological polar surface area (TPSA) is 69.6 Å². The molecule has 3 fully saturated rings. The Morgan fingerprint density at radius 1 is 1.22 bits per heavy atom. The van der Waals surface area contributed by atoms with Crippen LogP contribution in [0.1, 0.15) is 62.7 Å². The molecule has 0 saturated heterocycles. The molecule has 0 radical (unpaired) electrons. The number of aliphatic carboxylic acids is 1. The van der Waals surface area contributed by atoms with Crippen LogP contribution in [-0.4, -0.2) is 47.1 Å². The van der Waals surface area contributed by atoms with E-state index in [0.717, 1.165) is 45.1 Å². The third-order valence-corrected chi connectivity index (χ3v) is 7.70. The average molecular weight is 391 g/mol. The summed E-state index contributed by atoms with van der Waals surface area (Å²) >= 11 is 1.70. The van der Waals surface area contributed by atoms with Crippen molar-refractivity contribution < 1.29 is 14.7 Å². The lowest BCUT2D eigenvalue weighted by atomic mass is 9.71. The number of rotatable bonds is 8.